The normalized spacial score (nSPS) is 23.0. The van der Waals surface area contributed by atoms with Gasteiger partial charge < -0.3 is 23.3 Å². The number of esters is 1. The van der Waals surface area contributed by atoms with E-state index >= 15 is 0 Å². The van der Waals surface area contributed by atoms with Gasteiger partial charge >= 0.3 is 5.97 Å². The lowest BCUT2D eigenvalue weighted by Gasteiger charge is -2.51. The van der Waals surface area contributed by atoms with Gasteiger partial charge in [-0.25, -0.2) is 4.67 Å². The number of nitrogens with zero attached hydrogens (tertiary/aromatic N) is 2. The van der Waals surface area contributed by atoms with E-state index in [-0.39, 0.29) is 18.1 Å². The highest BCUT2D eigenvalue weighted by molar-refractivity contribution is 7.44. The molecule has 4 aliphatic rings. The van der Waals surface area contributed by atoms with Gasteiger partial charge in [-0.3, -0.25) is 4.79 Å². The van der Waals surface area contributed by atoms with Gasteiger partial charge in [0, 0.05) is 30.1 Å². The molecular formula is C36H55N2O6P. The lowest BCUT2D eigenvalue weighted by atomic mass is 9.54. The van der Waals surface area contributed by atoms with Crippen molar-refractivity contribution in [2.45, 2.75) is 112 Å². The second-order valence-corrected chi connectivity index (χ2v) is 15.9. The maximum atomic E-state index is 12.9. The van der Waals surface area contributed by atoms with E-state index in [9.17, 15) is 4.79 Å². The predicted octanol–water partition coefficient (Wildman–Crippen LogP) is 8.90. The molecule has 0 saturated heterocycles. The molecule has 8 nitrogen and oxygen atoms in total. The van der Waals surface area contributed by atoms with Crippen molar-refractivity contribution in [3.8, 4) is 17.6 Å². The molecule has 1 unspecified atom stereocenters. The van der Waals surface area contributed by atoms with Crippen molar-refractivity contribution in [3.63, 3.8) is 0 Å². The van der Waals surface area contributed by atoms with Crippen molar-refractivity contribution in [3.05, 3.63) is 29.3 Å². The Hall–Kier alpha value is -2.17. The van der Waals surface area contributed by atoms with E-state index in [0.29, 0.717) is 62.6 Å². The van der Waals surface area contributed by atoms with Crippen LogP contribution >= 0.6 is 8.53 Å². The number of allylic oxidation sites excluding steroid dienone is 1. The molecule has 4 bridgehead atoms. The molecule has 0 aromatic heterocycles. The largest absolute Gasteiger partial charge is 0.493 e. The third kappa shape index (κ3) is 9.44. The van der Waals surface area contributed by atoms with Crippen LogP contribution in [0.2, 0.25) is 0 Å². The molecule has 250 valence electrons. The Balaban J connectivity index is 1.51. The molecule has 9 heteroatoms. The number of carbonyl (C=O) groups is 1. The molecule has 0 heterocycles. The fraction of sp³-hybridized carbons (Fsp3) is 0.722. The highest BCUT2D eigenvalue weighted by Crippen LogP contribution is 2.58. The first-order valence-electron chi connectivity index (χ1n) is 17.0. The summed E-state index contributed by atoms with van der Waals surface area (Å²) in [5.41, 5.74) is 1.75. The van der Waals surface area contributed by atoms with Crippen LogP contribution in [0.1, 0.15) is 106 Å². The average molecular weight is 643 g/mol. The topological polar surface area (TPSA) is 90.2 Å². The fourth-order valence-corrected chi connectivity index (χ4v) is 8.98. The smallest absolute Gasteiger partial charge is 0.316 e. The Kier molecular flexibility index (Phi) is 12.8. The first-order chi connectivity index (χ1) is 21.4. The molecule has 45 heavy (non-hydrogen) atoms. The standard InChI is InChI=1S/C36H55N2O6P/c1-9-40-34(33-28-17-26-16-27(19-28)20-29(33)18-26)30-21-31(23-32(22-30)44-35(39)36(6,7)8)41-13-11-15-43-45(42-14-10-12-37)38(24(2)3)25(4)5/h21-29H,9-11,13-20H2,1-8H3. The molecule has 1 aromatic rings. The van der Waals surface area contributed by atoms with Crippen molar-refractivity contribution >= 4 is 20.3 Å². The van der Waals surface area contributed by atoms with Gasteiger partial charge in [-0.1, -0.05) is 0 Å². The van der Waals surface area contributed by atoms with E-state index in [1.807, 2.05) is 39.8 Å². The third-order valence-electron chi connectivity index (χ3n) is 8.96. The molecule has 1 aromatic carbocycles. The van der Waals surface area contributed by atoms with Crippen LogP contribution in [0.5, 0.6) is 11.5 Å². The van der Waals surface area contributed by atoms with Gasteiger partial charge in [0.25, 0.3) is 8.53 Å². The summed E-state index contributed by atoms with van der Waals surface area (Å²) in [6.45, 7) is 17.9. The second-order valence-electron chi connectivity index (χ2n) is 14.4. The zero-order valence-electron chi connectivity index (χ0n) is 28.8. The lowest BCUT2D eigenvalue weighted by Crippen LogP contribution is -2.41. The lowest BCUT2D eigenvalue weighted by molar-refractivity contribution is -0.143. The van der Waals surface area contributed by atoms with E-state index in [1.165, 1.54) is 37.7 Å². The molecule has 0 aliphatic heterocycles. The Morgan fingerprint density at radius 1 is 0.933 bits per heavy atom. The maximum Gasteiger partial charge on any atom is 0.316 e. The van der Waals surface area contributed by atoms with Gasteiger partial charge in [0.15, 0.2) is 0 Å². The number of ether oxygens (including phenoxy) is 3. The molecule has 0 spiro atoms. The zero-order chi connectivity index (χ0) is 32.7. The molecule has 5 rings (SSSR count). The van der Waals surface area contributed by atoms with Crippen LogP contribution in [-0.4, -0.2) is 49.2 Å². The van der Waals surface area contributed by atoms with Gasteiger partial charge in [0.1, 0.15) is 17.3 Å². The number of benzene rings is 1. The number of carbonyl (C=O) groups excluding carboxylic acids is 1. The summed E-state index contributed by atoms with van der Waals surface area (Å²) in [6.07, 6.45) is 7.41. The van der Waals surface area contributed by atoms with Gasteiger partial charge in [-0.2, -0.15) is 5.26 Å². The van der Waals surface area contributed by atoms with Crippen molar-refractivity contribution in [1.82, 2.24) is 4.67 Å². The number of nitriles is 1. The number of rotatable bonds is 16. The summed E-state index contributed by atoms with van der Waals surface area (Å²) in [4.78, 5) is 12.9. The van der Waals surface area contributed by atoms with Crippen LogP contribution < -0.4 is 9.47 Å². The van der Waals surface area contributed by atoms with Gasteiger partial charge in [0.05, 0.1) is 44.3 Å². The third-order valence-corrected chi connectivity index (χ3v) is 11.1. The minimum Gasteiger partial charge on any atom is -0.493 e. The zero-order valence-corrected chi connectivity index (χ0v) is 29.7. The van der Waals surface area contributed by atoms with Crippen molar-refractivity contribution in [1.29, 1.82) is 5.26 Å². The van der Waals surface area contributed by atoms with Crippen LogP contribution in [0.25, 0.3) is 5.76 Å². The van der Waals surface area contributed by atoms with Gasteiger partial charge in [-0.15, -0.1) is 0 Å². The molecule has 0 N–H and O–H groups in total. The van der Waals surface area contributed by atoms with E-state index in [1.54, 1.807) is 6.07 Å². The van der Waals surface area contributed by atoms with Crippen LogP contribution in [-0.2, 0) is 18.6 Å². The highest BCUT2D eigenvalue weighted by Gasteiger charge is 2.47. The molecular weight excluding hydrogens is 587 g/mol. The quantitative estimate of drug-likeness (QED) is 0.0581. The van der Waals surface area contributed by atoms with E-state index < -0.39 is 13.9 Å². The Labute approximate surface area is 272 Å². The summed E-state index contributed by atoms with van der Waals surface area (Å²) < 4.78 is 33.1. The van der Waals surface area contributed by atoms with Crippen molar-refractivity contribution in [2.75, 3.05) is 26.4 Å². The average Bonchev–Trinajstić information content (AvgIpc) is 2.95. The van der Waals surface area contributed by atoms with Crippen LogP contribution in [0.15, 0.2) is 23.8 Å². The summed E-state index contributed by atoms with van der Waals surface area (Å²) in [6, 6.07) is 8.42. The first kappa shape index (κ1) is 35.7. The van der Waals surface area contributed by atoms with E-state index in [4.69, 9.17) is 28.5 Å². The SMILES string of the molecule is CCOC(=C1C2CC3CC(C2)CC1C3)c1cc(OCCCOP(OCCC#N)N(C(C)C)C(C)C)cc(OC(=O)C(C)(C)C)c1. The van der Waals surface area contributed by atoms with Crippen molar-refractivity contribution in [2.24, 2.45) is 29.1 Å². The monoisotopic (exact) mass is 642 g/mol. The molecule has 4 aliphatic carbocycles. The summed E-state index contributed by atoms with van der Waals surface area (Å²) in [5.74, 6) is 4.64. The van der Waals surface area contributed by atoms with Gasteiger partial charge in [-0.05, 0) is 129 Å². The fourth-order valence-electron chi connectivity index (χ4n) is 7.35. The maximum absolute atomic E-state index is 12.9. The van der Waals surface area contributed by atoms with E-state index in [0.717, 1.165) is 23.2 Å². The minimum atomic E-state index is -1.30. The molecule has 4 saturated carbocycles. The Morgan fingerprint density at radius 2 is 1.53 bits per heavy atom. The molecule has 0 amide bonds. The van der Waals surface area contributed by atoms with E-state index in [2.05, 4.69) is 38.4 Å². The molecule has 0 radical (unpaired) electrons. The first-order valence-corrected chi connectivity index (χ1v) is 18.1. The second kappa shape index (κ2) is 16.1. The number of hydrogen-bond acceptors (Lipinski definition) is 8. The molecule has 1 atom stereocenters. The predicted molar refractivity (Wildman–Crippen MR) is 178 cm³/mol. The van der Waals surface area contributed by atoms with Crippen LogP contribution in [0.4, 0.5) is 0 Å². The van der Waals surface area contributed by atoms with Crippen LogP contribution in [0.3, 0.4) is 0 Å². The minimum absolute atomic E-state index is 0.245. The van der Waals surface area contributed by atoms with Crippen molar-refractivity contribution < 1.29 is 28.1 Å². The van der Waals surface area contributed by atoms with Gasteiger partial charge in [0.2, 0.25) is 0 Å². The summed E-state index contributed by atoms with van der Waals surface area (Å²) >= 11 is 0. The molecule has 4 fully saturated rings. The highest BCUT2D eigenvalue weighted by atomic mass is 31.2. The summed E-state index contributed by atoms with van der Waals surface area (Å²) in [7, 11) is -1.30. The Morgan fingerprint density at radius 3 is 2.09 bits per heavy atom. The Bertz CT molecular complexity index is 1180. The van der Waals surface area contributed by atoms with Crippen LogP contribution in [0, 0.1) is 40.4 Å². The number of hydrogen-bond donors (Lipinski definition) is 0. The summed E-state index contributed by atoms with van der Waals surface area (Å²) in [5, 5.41) is 8.98.